The van der Waals surface area contributed by atoms with Crippen molar-refractivity contribution < 1.29 is 27.8 Å². The zero-order valence-electron chi connectivity index (χ0n) is 21.6. The number of imidazole rings is 1. The normalized spacial score (nSPS) is 11.2. The number of aliphatic carboxylic acids is 1. The minimum Gasteiger partial charge on any atom is -0.497 e. The number of H-pyrrole nitrogens is 1. The second-order valence-electron chi connectivity index (χ2n) is 8.57. The molecule has 0 saturated heterocycles. The van der Waals surface area contributed by atoms with Gasteiger partial charge in [0.2, 0.25) is 11.5 Å². The Morgan fingerprint density at radius 1 is 1.05 bits per heavy atom. The number of halogens is 4. The number of rotatable bonds is 7. The van der Waals surface area contributed by atoms with Crippen molar-refractivity contribution in [1.29, 1.82) is 0 Å². The van der Waals surface area contributed by atoms with Crippen molar-refractivity contribution in [3.8, 4) is 5.75 Å². The molecule has 0 aliphatic heterocycles. The lowest BCUT2D eigenvalue weighted by Crippen LogP contribution is -2.21. The number of aromatic nitrogens is 5. The maximum Gasteiger partial charge on any atom is 0.490 e. The molecular weight excluding hydrogens is 567 g/mol. The molecule has 5 aromatic rings. The van der Waals surface area contributed by atoms with Crippen LogP contribution in [0.2, 0.25) is 5.02 Å². The monoisotopic (exact) mass is 589 g/mol. The molecule has 0 fully saturated rings. The SMILES string of the molecule is COc1ccc2c(NCc3nc4cc(Cl)ccc4n3C)nc(NCc3ccc(=O)[nH]c3)nc2c1.O=C(O)C(F)(F)F. The predicted octanol–water partition coefficient (Wildman–Crippen LogP) is 4.72. The third-order valence-corrected chi connectivity index (χ3v) is 6.03. The van der Waals surface area contributed by atoms with Crippen molar-refractivity contribution in [2.45, 2.75) is 19.3 Å². The molecule has 3 heterocycles. The summed E-state index contributed by atoms with van der Waals surface area (Å²) in [6, 6.07) is 14.6. The Morgan fingerprint density at radius 2 is 1.80 bits per heavy atom. The summed E-state index contributed by atoms with van der Waals surface area (Å²) in [6.45, 7) is 0.914. The van der Waals surface area contributed by atoms with E-state index in [-0.39, 0.29) is 5.56 Å². The molecular formula is C26H23ClF3N7O4. The molecule has 0 radical (unpaired) electrons. The molecule has 0 aliphatic carbocycles. The number of alkyl halides is 3. The summed E-state index contributed by atoms with van der Waals surface area (Å²) in [5.41, 5.74) is 3.34. The van der Waals surface area contributed by atoms with E-state index in [0.717, 1.165) is 33.3 Å². The van der Waals surface area contributed by atoms with E-state index in [2.05, 4.69) is 20.6 Å². The lowest BCUT2D eigenvalue weighted by Gasteiger charge is -2.13. The molecule has 0 aliphatic rings. The van der Waals surface area contributed by atoms with Crippen LogP contribution in [0.4, 0.5) is 24.9 Å². The number of carboxylic acid groups (broad SMARTS) is 1. The third-order valence-electron chi connectivity index (χ3n) is 5.80. The van der Waals surface area contributed by atoms with Gasteiger partial charge in [-0.3, -0.25) is 4.79 Å². The number of anilines is 2. The van der Waals surface area contributed by atoms with E-state index in [1.165, 1.54) is 6.07 Å². The molecule has 0 atom stereocenters. The molecule has 0 saturated carbocycles. The highest BCUT2D eigenvalue weighted by Crippen LogP contribution is 2.27. The Bertz CT molecular complexity index is 1750. The van der Waals surface area contributed by atoms with Gasteiger partial charge in [0.25, 0.3) is 0 Å². The molecule has 0 unspecified atom stereocenters. The summed E-state index contributed by atoms with van der Waals surface area (Å²) in [5, 5.41) is 15.3. The minimum atomic E-state index is -5.08. The number of hydrogen-bond acceptors (Lipinski definition) is 8. The number of ether oxygens (including phenoxy) is 1. The van der Waals surface area contributed by atoms with Crippen LogP contribution < -0.4 is 20.9 Å². The summed E-state index contributed by atoms with van der Waals surface area (Å²) in [5.74, 6) is -0.0864. The van der Waals surface area contributed by atoms with Crippen molar-refractivity contribution in [3.05, 3.63) is 81.5 Å². The molecule has 15 heteroatoms. The summed E-state index contributed by atoms with van der Waals surface area (Å²) in [6.07, 6.45) is -3.42. The first-order chi connectivity index (χ1) is 19.4. The first-order valence-electron chi connectivity index (χ1n) is 11.9. The van der Waals surface area contributed by atoms with Gasteiger partial charge in [-0.2, -0.15) is 18.2 Å². The topological polar surface area (TPSA) is 147 Å². The van der Waals surface area contributed by atoms with Gasteiger partial charge in [-0.15, -0.1) is 0 Å². The Hall–Kier alpha value is -4.85. The summed E-state index contributed by atoms with van der Waals surface area (Å²) in [7, 11) is 3.59. The number of benzene rings is 2. The van der Waals surface area contributed by atoms with Gasteiger partial charge in [-0.25, -0.2) is 14.8 Å². The lowest BCUT2D eigenvalue weighted by atomic mass is 10.2. The highest BCUT2D eigenvalue weighted by atomic mass is 35.5. The van der Waals surface area contributed by atoms with Gasteiger partial charge in [0.1, 0.15) is 17.4 Å². The molecule has 0 amide bonds. The zero-order valence-corrected chi connectivity index (χ0v) is 22.3. The van der Waals surface area contributed by atoms with E-state index >= 15 is 0 Å². The number of aryl methyl sites for hydroxylation is 1. The summed E-state index contributed by atoms with van der Waals surface area (Å²) >= 11 is 6.13. The van der Waals surface area contributed by atoms with Crippen molar-refractivity contribution in [3.63, 3.8) is 0 Å². The molecule has 11 nitrogen and oxygen atoms in total. The number of nitrogens with zero attached hydrogens (tertiary/aromatic N) is 4. The quantitative estimate of drug-likeness (QED) is 0.212. The average Bonchev–Trinajstić information content (AvgIpc) is 3.24. The van der Waals surface area contributed by atoms with Gasteiger partial charge in [0.15, 0.2) is 0 Å². The van der Waals surface area contributed by atoms with Gasteiger partial charge in [0, 0.05) is 42.3 Å². The molecule has 0 bridgehead atoms. The van der Waals surface area contributed by atoms with E-state index in [0.29, 0.717) is 35.6 Å². The summed E-state index contributed by atoms with van der Waals surface area (Å²) < 4.78 is 39.1. The van der Waals surface area contributed by atoms with E-state index in [4.69, 9.17) is 36.2 Å². The highest BCUT2D eigenvalue weighted by molar-refractivity contribution is 6.31. The van der Waals surface area contributed by atoms with Crippen LogP contribution in [0.3, 0.4) is 0 Å². The number of hydrogen-bond donors (Lipinski definition) is 4. The average molecular weight is 590 g/mol. The van der Waals surface area contributed by atoms with E-state index < -0.39 is 12.1 Å². The Morgan fingerprint density at radius 3 is 2.46 bits per heavy atom. The lowest BCUT2D eigenvalue weighted by molar-refractivity contribution is -0.192. The number of pyridine rings is 1. The van der Waals surface area contributed by atoms with E-state index in [9.17, 15) is 18.0 Å². The molecule has 3 aromatic heterocycles. The third kappa shape index (κ3) is 7.22. The second kappa shape index (κ2) is 12.1. The first kappa shape index (κ1) is 29.1. The largest absolute Gasteiger partial charge is 0.497 e. The van der Waals surface area contributed by atoms with Crippen molar-refractivity contribution in [2.75, 3.05) is 17.7 Å². The Labute approximate surface area is 235 Å². The van der Waals surface area contributed by atoms with Crippen LogP contribution in [0.5, 0.6) is 5.75 Å². The van der Waals surface area contributed by atoms with Crippen molar-refractivity contribution in [2.24, 2.45) is 7.05 Å². The standard InChI is InChI=1S/C24H22ClN7O2.C2HF3O2/c1-32-20-7-4-15(25)9-19(20)29-21(32)13-27-23-17-6-5-16(34-2)10-18(17)30-24(31-23)28-12-14-3-8-22(33)26-11-14;3-2(4,5)1(6)7/h3-11H,12-13H2,1-2H3,(H,26,33)(H2,27,28,30,31);(H,6,7). The molecule has 2 aromatic carbocycles. The highest BCUT2D eigenvalue weighted by Gasteiger charge is 2.38. The van der Waals surface area contributed by atoms with E-state index in [1.807, 2.05) is 48.0 Å². The molecule has 5 rings (SSSR count). The van der Waals surface area contributed by atoms with Crippen molar-refractivity contribution in [1.82, 2.24) is 24.5 Å². The number of fused-ring (bicyclic) bond motifs is 2. The van der Waals surface area contributed by atoms with Gasteiger partial charge in [-0.1, -0.05) is 17.7 Å². The van der Waals surface area contributed by atoms with Gasteiger partial charge in [-0.05, 0) is 35.9 Å². The van der Waals surface area contributed by atoms with E-state index in [1.54, 1.807) is 19.4 Å². The second-order valence-corrected chi connectivity index (χ2v) is 9.01. The van der Waals surface area contributed by atoms with Crippen LogP contribution in [-0.4, -0.2) is 48.9 Å². The smallest absolute Gasteiger partial charge is 0.490 e. The number of carboxylic acids is 1. The fourth-order valence-corrected chi connectivity index (χ4v) is 3.89. The van der Waals surface area contributed by atoms with Gasteiger partial charge in [0.05, 0.1) is 30.2 Å². The predicted molar refractivity (Wildman–Crippen MR) is 147 cm³/mol. The fourth-order valence-electron chi connectivity index (χ4n) is 3.73. The minimum absolute atomic E-state index is 0.145. The van der Waals surface area contributed by atoms with Crippen LogP contribution in [0.1, 0.15) is 11.4 Å². The van der Waals surface area contributed by atoms with Gasteiger partial charge >= 0.3 is 12.1 Å². The summed E-state index contributed by atoms with van der Waals surface area (Å²) in [4.78, 5) is 36.9. The zero-order chi connectivity index (χ0) is 29.7. The van der Waals surface area contributed by atoms with Crippen LogP contribution >= 0.6 is 11.6 Å². The molecule has 4 N–H and O–H groups in total. The number of carbonyl (C=O) groups is 1. The number of aromatic amines is 1. The fraction of sp³-hybridized carbons (Fsp3) is 0.192. The van der Waals surface area contributed by atoms with Gasteiger partial charge < -0.3 is 30.0 Å². The number of methoxy groups -OCH3 is 1. The van der Waals surface area contributed by atoms with Crippen LogP contribution in [-0.2, 0) is 24.9 Å². The maximum absolute atomic E-state index is 11.3. The Kier molecular flexibility index (Phi) is 8.62. The van der Waals surface area contributed by atoms with Crippen LogP contribution in [0, 0.1) is 0 Å². The molecule has 0 spiro atoms. The Balaban J connectivity index is 0.000000493. The van der Waals surface area contributed by atoms with Crippen molar-refractivity contribution >= 4 is 51.3 Å². The van der Waals surface area contributed by atoms with Crippen LogP contribution in [0.15, 0.2) is 59.5 Å². The molecule has 41 heavy (non-hydrogen) atoms. The first-order valence-corrected chi connectivity index (χ1v) is 12.2. The molecule has 214 valence electrons. The maximum atomic E-state index is 11.3. The number of nitrogens with one attached hydrogen (secondary N) is 3. The van der Waals surface area contributed by atoms with Crippen LogP contribution in [0.25, 0.3) is 21.9 Å².